The molecule has 0 radical (unpaired) electrons. The molecule has 0 spiro atoms. The first-order valence-electron chi connectivity index (χ1n) is 12.5. The SMILES string of the molecule is CCOC(=O)C1=C(CN2CCN(C(=O)CC)[C@@H](C)C2)N(C)C(=O)N[C@@H]1c1ccc(C(C)(C)C)cc1. The largest absolute Gasteiger partial charge is 0.463 e. The molecule has 1 N–H and O–H groups in total. The summed E-state index contributed by atoms with van der Waals surface area (Å²) in [5.74, 6) is -0.274. The van der Waals surface area contributed by atoms with Crippen molar-refractivity contribution in [2.24, 2.45) is 0 Å². The van der Waals surface area contributed by atoms with E-state index in [1.165, 1.54) is 10.5 Å². The fourth-order valence-corrected chi connectivity index (χ4v) is 4.79. The Labute approximate surface area is 209 Å². The van der Waals surface area contributed by atoms with Gasteiger partial charge in [-0.05, 0) is 30.4 Å². The van der Waals surface area contributed by atoms with Gasteiger partial charge >= 0.3 is 12.0 Å². The zero-order chi connectivity index (χ0) is 25.9. The number of esters is 1. The van der Waals surface area contributed by atoms with E-state index >= 15 is 0 Å². The van der Waals surface area contributed by atoms with Crippen LogP contribution in [0.15, 0.2) is 35.5 Å². The maximum atomic E-state index is 13.2. The molecule has 0 unspecified atom stereocenters. The predicted octanol–water partition coefficient (Wildman–Crippen LogP) is 3.44. The number of rotatable bonds is 6. The number of carbonyl (C=O) groups is 3. The number of likely N-dealkylation sites (N-methyl/N-ethyl adjacent to an activating group) is 1. The summed E-state index contributed by atoms with van der Waals surface area (Å²) >= 11 is 0. The lowest BCUT2D eigenvalue weighted by Crippen LogP contribution is -2.56. The molecule has 2 aliphatic heterocycles. The predicted molar refractivity (Wildman–Crippen MR) is 136 cm³/mol. The zero-order valence-corrected chi connectivity index (χ0v) is 22.2. The Morgan fingerprint density at radius 2 is 1.77 bits per heavy atom. The van der Waals surface area contributed by atoms with Crippen LogP contribution in [0.5, 0.6) is 0 Å². The van der Waals surface area contributed by atoms with Crippen molar-refractivity contribution in [3.8, 4) is 0 Å². The second-order valence-electron chi connectivity index (χ2n) is 10.4. The Morgan fingerprint density at radius 1 is 1.11 bits per heavy atom. The number of amides is 3. The number of nitrogens with one attached hydrogen (secondary N) is 1. The van der Waals surface area contributed by atoms with E-state index in [0.717, 1.165) is 5.56 Å². The molecule has 192 valence electrons. The number of carbonyl (C=O) groups excluding carboxylic acids is 3. The van der Waals surface area contributed by atoms with Crippen LogP contribution in [-0.4, -0.2) is 78.5 Å². The molecule has 3 rings (SSSR count). The van der Waals surface area contributed by atoms with Gasteiger partial charge in [0.25, 0.3) is 0 Å². The highest BCUT2D eigenvalue weighted by Gasteiger charge is 2.38. The molecular formula is C27H40N4O4. The summed E-state index contributed by atoms with van der Waals surface area (Å²) < 4.78 is 5.45. The second-order valence-corrected chi connectivity index (χ2v) is 10.4. The summed E-state index contributed by atoms with van der Waals surface area (Å²) in [6, 6.07) is 7.26. The fourth-order valence-electron chi connectivity index (χ4n) is 4.79. The van der Waals surface area contributed by atoms with Crippen molar-refractivity contribution >= 4 is 17.9 Å². The molecule has 0 saturated carbocycles. The first kappa shape index (κ1) is 26.7. The van der Waals surface area contributed by atoms with Gasteiger partial charge < -0.3 is 15.0 Å². The van der Waals surface area contributed by atoms with Crippen LogP contribution in [0.25, 0.3) is 0 Å². The number of hydrogen-bond donors (Lipinski definition) is 1. The highest BCUT2D eigenvalue weighted by atomic mass is 16.5. The van der Waals surface area contributed by atoms with Crippen molar-refractivity contribution in [1.82, 2.24) is 20.0 Å². The van der Waals surface area contributed by atoms with Crippen LogP contribution in [0.4, 0.5) is 4.79 Å². The maximum Gasteiger partial charge on any atom is 0.338 e. The van der Waals surface area contributed by atoms with E-state index in [0.29, 0.717) is 43.9 Å². The minimum atomic E-state index is -0.595. The maximum absolute atomic E-state index is 13.2. The highest BCUT2D eigenvalue weighted by Crippen LogP contribution is 2.33. The van der Waals surface area contributed by atoms with E-state index < -0.39 is 12.0 Å². The van der Waals surface area contributed by atoms with Crippen LogP contribution >= 0.6 is 0 Å². The van der Waals surface area contributed by atoms with Crippen molar-refractivity contribution in [1.29, 1.82) is 0 Å². The number of piperazine rings is 1. The van der Waals surface area contributed by atoms with Gasteiger partial charge in [-0.3, -0.25) is 14.6 Å². The van der Waals surface area contributed by atoms with E-state index in [-0.39, 0.29) is 30.0 Å². The molecule has 8 heteroatoms. The van der Waals surface area contributed by atoms with Crippen LogP contribution in [0, 0.1) is 0 Å². The lowest BCUT2D eigenvalue weighted by molar-refractivity contribution is -0.139. The van der Waals surface area contributed by atoms with Gasteiger partial charge in [-0.1, -0.05) is 52.0 Å². The van der Waals surface area contributed by atoms with Gasteiger partial charge in [0.2, 0.25) is 5.91 Å². The van der Waals surface area contributed by atoms with Crippen molar-refractivity contribution in [3.63, 3.8) is 0 Å². The molecule has 2 heterocycles. The van der Waals surface area contributed by atoms with Gasteiger partial charge in [-0.2, -0.15) is 0 Å². The highest BCUT2D eigenvalue weighted by molar-refractivity contribution is 5.95. The number of hydrogen-bond acceptors (Lipinski definition) is 5. The molecule has 0 aromatic heterocycles. The molecule has 3 amide bonds. The van der Waals surface area contributed by atoms with E-state index in [1.54, 1.807) is 14.0 Å². The Morgan fingerprint density at radius 3 is 2.31 bits per heavy atom. The summed E-state index contributed by atoms with van der Waals surface area (Å²) in [5, 5.41) is 2.99. The lowest BCUT2D eigenvalue weighted by atomic mass is 9.85. The van der Waals surface area contributed by atoms with Gasteiger partial charge in [0.15, 0.2) is 0 Å². The summed E-state index contributed by atoms with van der Waals surface area (Å²) in [5.41, 5.74) is 3.11. The van der Waals surface area contributed by atoms with E-state index in [9.17, 15) is 14.4 Å². The molecule has 0 aliphatic carbocycles. The molecular weight excluding hydrogens is 444 g/mol. The first-order chi connectivity index (χ1) is 16.5. The van der Waals surface area contributed by atoms with Crippen LogP contribution < -0.4 is 5.32 Å². The van der Waals surface area contributed by atoms with Crippen LogP contribution in [0.1, 0.15) is 65.1 Å². The second kappa shape index (κ2) is 10.8. The number of nitrogens with zero attached hydrogens (tertiary/aromatic N) is 3. The van der Waals surface area contributed by atoms with Crippen LogP contribution in [0.3, 0.4) is 0 Å². The Bertz CT molecular complexity index is 980. The molecule has 0 bridgehead atoms. The molecule has 1 aromatic rings. The van der Waals surface area contributed by atoms with Crippen molar-refractivity contribution in [3.05, 3.63) is 46.7 Å². The Balaban J connectivity index is 1.97. The number of urea groups is 1. The van der Waals surface area contributed by atoms with E-state index in [4.69, 9.17) is 4.74 Å². The minimum absolute atomic E-state index is 0.00245. The minimum Gasteiger partial charge on any atom is -0.463 e. The first-order valence-corrected chi connectivity index (χ1v) is 12.5. The summed E-state index contributed by atoms with van der Waals surface area (Å²) in [7, 11) is 1.68. The van der Waals surface area contributed by atoms with Gasteiger partial charge in [-0.25, -0.2) is 9.59 Å². The van der Waals surface area contributed by atoms with Gasteiger partial charge in [0.05, 0.1) is 18.2 Å². The van der Waals surface area contributed by atoms with Gasteiger partial charge in [-0.15, -0.1) is 0 Å². The average molecular weight is 485 g/mol. The average Bonchev–Trinajstić information content (AvgIpc) is 2.81. The molecule has 2 aliphatic rings. The van der Waals surface area contributed by atoms with Gasteiger partial charge in [0, 0.05) is 51.4 Å². The molecule has 35 heavy (non-hydrogen) atoms. The van der Waals surface area contributed by atoms with Crippen molar-refractivity contribution in [2.45, 2.75) is 65.5 Å². The summed E-state index contributed by atoms with van der Waals surface area (Å²) in [6.07, 6.45) is 0.487. The molecule has 1 aromatic carbocycles. The lowest BCUT2D eigenvalue weighted by Gasteiger charge is -2.42. The third-order valence-corrected chi connectivity index (χ3v) is 6.89. The quantitative estimate of drug-likeness (QED) is 0.626. The smallest absolute Gasteiger partial charge is 0.338 e. The van der Waals surface area contributed by atoms with E-state index in [2.05, 4.69) is 31.0 Å². The number of ether oxygens (including phenoxy) is 1. The van der Waals surface area contributed by atoms with Crippen molar-refractivity contribution in [2.75, 3.05) is 39.8 Å². The summed E-state index contributed by atoms with van der Waals surface area (Å²) in [6.45, 7) is 14.8. The molecule has 2 atom stereocenters. The van der Waals surface area contributed by atoms with Crippen LogP contribution in [-0.2, 0) is 19.7 Å². The third-order valence-electron chi connectivity index (χ3n) is 6.89. The molecule has 8 nitrogen and oxygen atoms in total. The van der Waals surface area contributed by atoms with Crippen molar-refractivity contribution < 1.29 is 19.1 Å². The normalized spacial score (nSPS) is 21.7. The Kier molecular flexibility index (Phi) is 8.26. The zero-order valence-electron chi connectivity index (χ0n) is 22.2. The topological polar surface area (TPSA) is 82.2 Å². The fraction of sp³-hybridized carbons (Fsp3) is 0.593. The number of benzene rings is 1. The molecule has 1 fully saturated rings. The van der Waals surface area contributed by atoms with E-state index in [1.807, 2.05) is 43.0 Å². The monoisotopic (exact) mass is 484 g/mol. The summed E-state index contributed by atoms with van der Waals surface area (Å²) in [4.78, 5) is 44.1. The molecule has 1 saturated heterocycles. The van der Waals surface area contributed by atoms with Gasteiger partial charge in [0.1, 0.15) is 0 Å². The standard InChI is InChI=1S/C27H40N4O4/c1-8-22(32)31-15-14-30(16-18(31)3)17-21-23(25(33)35-9-2)24(28-26(34)29(21)7)19-10-12-20(13-11-19)27(4,5)6/h10-13,18,24H,8-9,14-17H2,1-7H3,(H,28,34)/t18-,24+/m0/s1. The third kappa shape index (κ3) is 5.86. The van der Waals surface area contributed by atoms with Crippen LogP contribution in [0.2, 0.25) is 0 Å². The Hall–Kier alpha value is -2.87.